The topological polar surface area (TPSA) is 67.4 Å². The molecule has 1 fully saturated rings. The lowest BCUT2D eigenvalue weighted by Crippen LogP contribution is -2.52. The fourth-order valence-corrected chi connectivity index (χ4v) is 3.33. The van der Waals surface area contributed by atoms with Gasteiger partial charge in [-0.2, -0.15) is 8.78 Å². The van der Waals surface area contributed by atoms with E-state index < -0.39 is 6.61 Å². The highest BCUT2D eigenvalue weighted by molar-refractivity contribution is 5.79. The summed E-state index contributed by atoms with van der Waals surface area (Å²) in [7, 11) is 3.20. The van der Waals surface area contributed by atoms with E-state index in [4.69, 9.17) is 9.47 Å². The minimum atomic E-state index is -2.89. The number of nitrogens with zero attached hydrogens (tertiary/aromatic N) is 2. The molecule has 0 radical (unpaired) electrons. The highest BCUT2D eigenvalue weighted by atomic mass is 19.3. The van der Waals surface area contributed by atoms with Gasteiger partial charge in [-0.3, -0.25) is 9.89 Å². The molecule has 2 rings (SSSR count). The predicted octanol–water partition coefficient (Wildman–Crippen LogP) is 2.32. The average molecular weight is 414 g/mol. The molecule has 29 heavy (non-hydrogen) atoms. The lowest BCUT2D eigenvalue weighted by atomic mass is 10.0. The van der Waals surface area contributed by atoms with E-state index in [1.165, 1.54) is 13.2 Å². The summed E-state index contributed by atoms with van der Waals surface area (Å²) in [5.41, 5.74) is 0.557. The van der Waals surface area contributed by atoms with E-state index in [-0.39, 0.29) is 12.3 Å². The van der Waals surface area contributed by atoms with Crippen molar-refractivity contribution in [3.63, 3.8) is 0 Å². The Morgan fingerprint density at radius 2 is 1.97 bits per heavy atom. The maximum Gasteiger partial charge on any atom is 0.387 e. The van der Waals surface area contributed by atoms with Crippen molar-refractivity contribution in [2.75, 3.05) is 47.0 Å². The molecule has 0 amide bonds. The van der Waals surface area contributed by atoms with Crippen LogP contribution in [0.3, 0.4) is 0 Å². The number of aliphatic imine (C=N–C) groups is 1. The molecule has 0 saturated carbocycles. The van der Waals surface area contributed by atoms with E-state index in [0.717, 1.165) is 32.8 Å². The molecular formula is C20H32F2N4O3. The minimum Gasteiger partial charge on any atom is -0.497 e. The Morgan fingerprint density at radius 3 is 2.55 bits per heavy atom. The molecule has 1 aliphatic rings. The Kier molecular flexibility index (Phi) is 9.40. The average Bonchev–Trinajstić information content (AvgIpc) is 2.71. The van der Waals surface area contributed by atoms with Crippen LogP contribution in [0, 0.1) is 5.92 Å². The van der Waals surface area contributed by atoms with Crippen LogP contribution in [-0.4, -0.2) is 70.5 Å². The number of hydrogen-bond acceptors (Lipinski definition) is 5. The first-order valence-electron chi connectivity index (χ1n) is 9.82. The third-order valence-electron chi connectivity index (χ3n) is 4.92. The molecule has 1 saturated heterocycles. The highest BCUT2D eigenvalue weighted by Crippen LogP contribution is 2.25. The van der Waals surface area contributed by atoms with E-state index >= 15 is 0 Å². The number of hydrogen-bond donors (Lipinski definition) is 2. The maximum atomic E-state index is 12.7. The lowest BCUT2D eigenvalue weighted by molar-refractivity contribution is -0.0504. The summed E-state index contributed by atoms with van der Waals surface area (Å²) in [5.74, 6) is 1.73. The number of methoxy groups -OCH3 is 1. The molecule has 1 aromatic rings. The van der Waals surface area contributed by atoms with Gasteiger partial charge in [0.15, 0.2) is 5.96 Å². The molecule has 0 spiro atoms. The predicted molar refractivity (Wildman–Crippen MR) is 109 cm³/mol. The van der Waals surface area contributed by atoms with Crippen molar-refractivity contribution in [3.8, 4) is 11.5 Å². The SMILES string of the molecule is CN=C(NCc1cc(OC)ccc1OC(F)F)NCC(C(C)C)N1CCOCC1. The summed E-state index contributed by atoms with van der Waals surface area (Å²) in [4.78, 5) is 6.67. The van der Waals surface area contributed by atoms with Crippen LogP contribution in [0.25, 0.3) is 0 Å². The summed E-state index contributed by atoms with van der Waals surface area (Å²) in [6, 6.07) is 5.07. The molecule has 1 unspecified atom stereocenters. The van der Waals surface area contributed by atoms with Gasteiger partial charge < -0.3 is 24.8 Å². The number of alkyl halides is 2. The van der Waals surface area contributed by atoms with Crippen molar-refractivity contribution in [1.29, 1.82) is 0 Å². The van der Waals surface area contributed by atoms with Crippen molar-refractivity contribution >= 4 is 5.96 Å². The molecule has 2 N–H and O–H groups in total. The van der Waals surface area contributed by atoms with Crippen LogP contribution in [0.4, 0.5) is 8.78 Å². The number of benzene rings is 1. The Balaban J connectivity index is 1.97. The number of nitrogens with one attached hydrogen (secondary N) is 2. The van der Waals surface area contributed by atoms with Crippen LogP contribution in [-0.2, 0) is 11.3 Å². The first-order chi connectivity index (χ1) is 13.9. The first-order valence-corrected chi connectivity index (χ1v) is 9.82. The molecule has 0 aliphatic carbocycles. The minimum absolute atomic E-state index is 0.108. The van der Waals surface area contributed by atoms with Crippen molar-refractivity contribution in [2.45, 2.75) is 33.0 Å². The number of morpholine rings is 1. The smallest absolute Gasteiger partial charge is 0.387 e. The second kappa shape index (κ2) is 11.8. The Labute approximate surface area is 171 Å². The van der Waals surface area contributed by atoms with Crippen molar-refractivity contribution in [3.05, 3.63) is 23.8 Å². The van der Waals surface area contributed by atoms with Gasteiger partial charge in [-0.25, -0.2) is 0 Å². The summed E-state index contributed by atoms with van der Waals surface area (Å²) < 4.78 is 40.6. The third-order valence-corrected chi connectivity index (χ3v) is 4.92. The molecule has 7 nitrogen and oxygen atoms in total. The standard InChI is InChI=1S/C20H32F2N4O3/c1-14(2)17(26-7-9-28-10-8-26)13-25-20(23-3)24-12-15-11-16(27-4)5-6-18(15)29-19(21)22/h5-6,11,14,17,19H,7-10,12-13H2,1-4H3,(H2,23,24,25). The zero-order valence-electron chi connectivity index (χ0n) is 17.6. The number of guanidine groups is 1. The van der Waals surface area contributed by atoms with Gasteiger partial charge >= 0.3 is 6.61 Å². The van der Waals surface area contributed by atoms with Gasteiger partial charge in [0.05, 0.1) is 20.3 Å². The highest BCUT2D eigenvalue weighted by Gasteiger charge is 2.24. The van der Waals surface area contributed by atoms with Crippen LogP contribution < -0.4 is 20.1 Å². The third kappa shape index (κ3) is 7.32. The molecule has 1 atom stereocenters. The first kappa shape index (κ1) is 23.2. The largest absolute Gasteiger partial charge is 0.497 e. The van der Waals surface area contributed by atoms with Gasteiger partial charge in [0, 0.05) is 44.8 Å². The van der Waals surface area contributed by atoms with Crippen molar-refractivity contribution in [1.82, 2.24) is 15.5 Å². The number of halogens is 2. The van der Waals surface area contributed by atoms with Crippen LogP contribution >= 0.6 is 0 Å². The van der Waals surface area contributed by atoms with Crippen molar-refractivity contribution in [2.24, 2.45) is 10.9 Å². The van der Waals surface area contributed by atoms with Gasteiger partial charge in [-0.15, -0.1) is 0 Å². The van der Waals surface area contributed by atoms with Crippen molar-refractivity contribution < 1.29 is 23.0 Å². The van der Waals surface area contributed by atoms with Gasteiger partial charge in [-0.1, -0.05) is 13.8 Å². The molecule has 9 heteroatoms. The number of rotatable bonds is 9. The summed E-state index contributed by atoms with van der Waals surface area (Å²) >= 11 is 0. The Bertz CT molecular complexity index is 653. The molecule has 164 valence electrons. The Morgan fingerprint density at radius 1 is 1.24 bits per heavy atom. The Hall–Kier alpha value is -2.13. The van der Waals surface area contributed by atoms with Gasteiger partial charge in [0.2, 0.25) is 0 Å². The molecule has 0 aromatic heterocycles. The van der Waals surface area contributed by atoms with E-state index in [9.17, 15) is 8.78 Å². The summed E-state index contributed by atoms with van der Waals surface area (Å²) in [5, 5.41) is 6.51. The molecule has 1 aliphatic heterocycles. The van der Waals surface area contributed by atoms with Gasteiger partial charge in [-0.05, 0) is 24.1 Å². The molecule has 1 heterocycles. The van der Waals surface area contributed by atoms with Gasteiger partial charge in [0.25, 0.3) is 0 Å². The maximum absolute atomic E-state index is 12.7. The van der Waals surface area contributed by atoms with E-state index in [2.05, 4.69) is 39.1 Å². The molecule has 1 aromatic carbocycles. The fraction of sp³-hybridized carbons (Fsp3) is 0.650. The zero-order chi connectivity index (χ0) is 21.2. The summed E-state index contributed by atoms with van der Waals surface area (Å²) in [6.45, 7) is 5.81. The monoisotopic (exact) mass is 414 g/mol. The second-order valence-corrected chi connectivity index (χ2v) is 7.12. The van der Waals surface area contributed by atoms with Crippen LogP contribution in [0.15, 0.2) is 23.2 Å². The lowest BCUT2D eigenvalue weighted by Gasteiger charge is -2.37. The normalized spacial score (nSPS) is 16.8. The second-order valence-electron chi connectivity index (χ2n) is 7.12. The van der Waals surface area contributed by atoms with E-state index in [1.807, 2.05) is 0 Å². The molecular weight excluding hydrogens is 382 g/mol. The quantitative estimate of drug-likeness (QED) is 0.478. The molecule has 0 bridgehead atoms. The van der Waals surface area contributed by atoms with Crippen LogP contribution in [0.2, 0.25) is 0 Å². The number of ether oxygens (including phenoxy) is 3. The van der Waals surface area contributed by atoms with Gasteiger partial charge in [0.1, 0.15) is 11.5 Å². The fourth-order valence-electron chi connectivity index (χ4n) is 3.33. The van der Waals surface area contributed by atoms with E-state index in [1.54, 1.807) is 19.2 Å². The van der Waals surface area contributed by atoms with E-state index in [0.29, 0.717) is 29.2 Å². The van der Waals surface area contributed by atoms with Crippen LogP contribution in [0.5, 0.6) is 11.5 Å². The zero-order valence-corrected chi connectivity index (χ0v) is 17.6. The summed E-state index contributed by atoms with van der Waals surface area (Å²) in [6.07, 6.45) is 0. The van der Waals surface area contributed by atoms with Crippen LogP contribution in [0.1, 0.15) is 19.4 Å².